The molecule has 2 aromatic carbocycles. The number of carbonyl (C=O) groups excluding carboxylic acids is 2. The normalized spacial score (nSPS) is 18.1. The van der Waals surface area contributed by atoms with Crippen molar-refractivity contribution < 1.29 is 18.0 Å². The van der Waals surface area contributed by atoms with Crippen LogP contribution >= 0.6 is 0 Å². The number of hydrogen-bond donors (Lipinski definition) is 1. The van der Waals surface area contributed by atoms with E-state index in [9.17, 15) is 18.0 Å². The Labute approximate surface area is 207 Å². The second-order valence-electron chi connectivity index (χ2n) is 9.34. The third-order valence-corrected chi connectivity index (χ3v) is 8.02. The zero-order chi connectivity index (χ0) is 24.8. The first-order chi connectivity index (χ1) is 16.8. The van der Waals surface area contributed by atoms with Gasteiger partial charge in [0.2, 0.25) is 10.0 Å². The highest BCUT2D eigenvalue weighted by atomic mass is 32.2. The fourth-order valence-electron chi connectivity index (χ4n) is 4.66. The third-order valence-electron chi connectivity index (χ3n) is 6.72. The first kappa shape index (κ1) is 25.3. The van der Waals surface area contributed by atoms with Crippen LogP contribution in [0.5, 0.6) is 0 Å². The van der Waals surface area contributed by atoms with Crippen molar-refractivity contribution in [2.24, 2.45) is 0 Å². The quantitative estimate of drug-likeness (QED) is 0.661. The lowest BCUT2D eigenvalue weighted by Crippen LogP contribution is -2.47. The summed E-state index contributed by atoms with van der Waals surface area (Å²) in [6, 6.07) is 14.6. The fraction of sp³-hybridized carbons (Fsp3) is 0.462. The van der Waals surface area contributed by atoms with Crippen LogP contribution in [-0.4, -0.2) is 79.9 Å². The summed E-state index contributed by atoms with van der Waals surface area (Å²) in [7, 11) is -3.14. The smallest absolute Gasteiger partial charge is 0.255 e. The monoisotopic (exact) mass is 498 g/mol. The van der Waals surface area contributed by atoms with Crippen LogP contribution < -0.4 is 5.32 Å². The maximum atomic E-state index is 13.1. The zero-order valence-corrected chi connectivity index (χ0v) is 21.1. The van der Waals surface area contributed by atoms with Gasteiger partial charge in [-0.05, 0) is 42.7 Å². The van der Waals surface area contributed by atoms with Crippen molar-refractivity contribution in [3.8, 4) is 0 Å². The maximum Gasteiger partial charge on any atom is 0.255 e. The second kappa shape index (κ2) is 11.3. The number of piperazine rings is 1. The number of nitrogens with zero attached hydrogens (tertiary/aromatic N) is 3. The fourth-order valence-corrected chi connectivity index (χ4v) is 5.48. The Bertz CT molecular complexity index is 1130. The van der Waals surface area contributed by atoms with E-state index in [1.165, 1.54) is 10.6 Å². The highest BCUT2D eigenvalue weighted by Gasteiger charge is 2.24. The SMILES string of the molecule is CS(=O)(=O)N1CCN(Cc2ccc(C(=O)Nc3ccccc3C(=O)N3CCCCCC3)cc2)CC1. The molecule has 35 heavy (non-hydrogen) atoms. The molecule has 2 heterocycles. The summed E-state index contributed by atoms with van der Waals surface area (Å²) in [5, 5.41) is 2.92. The molecular formula is C26H34N4O4S. The molecule has 2 aromatic rings. The van der Waals surface area contributed by atoms with E-state index in [-0.39, 0.29) is 11.8 Å². The summed E-state index contributed by atoms with van der Waals surface area (Å²) in [6.45, 7) is 4.56. The highest BCUT2D eigenvalue weighted by Crippen LogP contribution is 2.21. The Balaban J connectivity index is 1.36. The topological polar surface area (TPSA) is 90.0 Å². The van der Waals surface area contributed by atoms with Crippen molar-refractivity contribution in [3.63, 3.8) is 0 Å². The Kier molecular flexibility index (Phi) is 8.20. The molecule has 0 aliphatic carbocycles. The van der Waals surface area contributed by atoms with Gasteiger partial charge in [-0.2, -0.15) is 4.31 Å². The molecule has 0 aromatic heterocycles. The number of rotatable bonds is 6. The number of nitrogens with one attached hydrogen (secondary N) is 1. The molecule has 1 N–H and O–H groups in total. The molecule has 0 atom stereocenters. The predicted molar refractivity (Wildman–Crippen MR) is 137 cm³/mol. The number of hydrogen-bond acceptors (Lipinski definition) is 5. The van der Waals surface area contributed by atoms with Gasteiger partial charge < -0.3 is 10.2 Å². The Morgan fingerprint density at radius 1 is 0.829 bits per heavy atom. The number of para-hydroxylation sites is 1. The minimum absolute atomic E-state index is 0.0332. The van der Waals surface area contributed by atoms with Crippen LogP contribution in [0.25, 0.3) is 0 Å². The van der Waals surface area contributed by atoms with Crippen molar-refractivity contribution in [2.75, 3.05) is 50.8 Å². The zero-order valence-electron chi connectivity index (χ0n) is 20.3. The summed E-state index contributed by atoms with van der Waals surface area (Å²) in [5.41, 5.74) is 2.63. The van der Waals surface area contributed by atoms with Crippen molar-refractivity contribution in [2.45, 2.75) is 32.2 Å². The van der Waals surface area contributed by atoms with Gasteiger partial charge in [0.25, 0.3) is 11.8 Å². The molecule has 2 fully saturated rings. The molecule has 2 aliphatic heterocycles. The molecule has 188 valence electrons. The Morgan fingerprint density at radius 2 is 1.46 bits per heavy atom. The number of amides is 2. The summed E-state index contributed by atoms with van der Waals surface area (Å²) in [5.74, 6) is -0.288. The van der Waals surface area contributed by atoms with E-state index in [1.807, 2.05) is 29.2 Å². The molecule has 2 aliphatic rings. The van der Waals surface area contributed by atoms with Crippen LogP contribution in [0.15, 0.2) is 48.5 Å². The number of carbonyl (C=O) groups is 2. The molecular weight excluding hydrogens is 464 g/mol. The Morgan fingerprint density at radius 3 is 2.09 bits per heavy atom. The van der Waals surface area contributed by atoms with Crippen LogP contribution in [0.2, 0.25) is 0 Å². The van der Waals surface area contributed by atoms with Crippen molar-refractivity contribution in [1.29, 1.82) is 0 Å². The molecule has 8 nitrogen and oxygen atoms in total. The molecule has 2 saturated heterocycles. The predicted octanol–water partition coefficient (Wildman–Crippen LogP) is 3.03. The van der Waals surface area contributed by atoms with Crippen LogP contribution in [0.3, 0.4) is 0 Å². The van der Waals surface area contributed by atoms with Gasteiger partial charge in [0.15, 0.2) is 0 Å². The first-order valence-corrected chi connectivity index (χ1v) is 14.1. The van der Waals surface area contributed by atoms with Gasteiger partial charge >= 0.3 is 0 Å². The first-order valence-electron chi connectivity index (χ1n) is 12.3. The number of likely N-dealkylation sites (tertiary alicyclic amines) is 1. The van der Waals surface area contributed by atoms with E-state index in [1.54, 1.807) is 24.3 Å². The van der Waals surface area contributed by atoms with E-state index in [4.69, 9.17) is 0 Å². The van der Waals surface area contributed by atoms with E-state index in [0.29, 0.717) is 49.5 Å². The van der Waals surface area contributed by atoms with Gasteiger partial charge in [0.1, 0.15) is 0 Å². The largest absolute Gasteiger partial charge is 0.339 e. The van der Waals surface area contributed by atoms with Gasteiger partial charge in [-0.1, -0.05) is 37.1 Å². The molecule has 0 spiro atoms. The minimum atomic E-state index is -3.14. The summed E-state index contributed by atoms with van der Waals surface area (Å²) >= 11 is 0. The second-order valence-corrected chi connectivity index (χ2v) is 11.3. The molecule has 0 radical (unpaired) electrons. The third kappa shape index (κ3) is 6.68. The summed E-state index contributed by atoms with van der Waals surface area (Å²) in [6.07, 6.45) is 5.57. The minimum Gasteiger partial charge on any atom is -0.339 e. The standard InChI is InChI=1S/C26H34N4O4S/c1-35(33,34)30-18-16-28(17-19-30)20-21-10-12-22(13-11-21)25(31)27-24-9-5-4-8-23(24)26(32)29-14-6-2-3-7-15-29/h4-5,8-13H,2-3,6-7,14-20H2,1H3,(H,27,31). The molecule has 9 heteroatoms. The van der Waals surface area contributed by atoms with Crippen LogP contribution in [0.4, 0.5) is 5.69 Å². The molecule has 2 amide bonds. The lowest BCUT2D eigenvalue weighted by atomic mass is 10.1. The lowest BCUT2D eigenvalue weighted by molar-refractivity contribution is 0.0762. The van der Waals surface area contributed by atoms with Gasteiger partial charge in [0, 0.05) is 51.4 Å². The number of sulfonamides is 1. The van der Waals surface area contributed by atoms with Gasteiger partial charge in [-0.15, -0.1) is 0 Å². The molecule has 0 bridgehead atoms. The average molecular weight is 499 g/mol. The molecule has 4 rings (SSSR count). The van der Waals surface area contributed by atoms with Crippen LogP contribution in [-0.2, 0) is 16.6 Å². The van der Waals surface area contributed by atoms with Crippen LogP contribution in [0.1, 0.15) is 52.0 Å². The molecule has 0 unspecified atom stereocenters. The average Bonchev–Trinajstić information content (AvgIpc) is 3.14. The van der Waals surface area contributed by atoms with Gasteiger partial charge in [-0.3, -0.25) is 14.5 Å². The number of benzene rings is 2. The summed E-state index contributed by atoms with van der Waals surface area (Å²) in [4.78, 5) is 30.2. The summed E-state index contributed by atoms with van der Waals surface area (Å²) < 4.78 is 24.9. The van der Waals surface area contributed by atoms with E-state index in [2.05, 4.69) is 10.2 Å². The van der Waals surface area contributed by atoms with Crippen molar-refractivity contribution >= 4 is 27.5 Å². The lowest BCUT2D eigenvalue weighted by Gasteiger charge is -2.33. The maximum absolute atomic E-state index is 13.1. The van der Waals surface area contributed by atoms with E-state index >= 15 is 0 Å². The van der Waals surface area contributed by atoms with E-state index in [0.717, 1.165) is 44.3 Å². The molecule has 0 saturated carbocycles. The number of anilines is 1. The van der Waals surface area contributed by atoms with Crippen molar-refractivity contribution in [1.82, 2.24) is 14.1 Å². The Hall–Kier alpha value is -2.75. The van der Waals surface area contributed by atoms with E-state index < -0.39 is 10.0 Å². The van der Waals surface area contributed by atoms with Gasteiger partial charge in [0.05, 0.1) is 17.5 Å². The van der Waals surface area contributed by atoms with Gasteiger partial charge in [-0.25, -0.2) is 8.42 Å². The van der Waals surface area contributed by atoms with Crippen molar-refractivity contribution in [3.05, 3.63) is 65.2 Å². The highest BCUT2D eigenvalue weighted by molar-refractivity contribution is 7.88. The van der Waals surface area contributed by atoms with Crippen LogP contribution in [0, 0.1) is 0 Å².